The molecule has 1 N–H and O–H groups in total. The third kappa shape index (κ3) is 4.54. The fraction of sp³-hybridized carbons (Fsp3) is 0.179. The number of imide groups is 1. The minimum Gasteiger partial charge on any atom is -0.325 e. The Hall–Kier alpha value is -4.44. The Morgan fingerprint density at radius 3 is 2.50 bits per heavy atom. The maximum atomic E-state index is 13.3. The van der Waals surface area contributed by atoms with Gasteiger partial charge in [-0.15, -0.1) is 0 Å². The Balaban J connectivity index is 1.43. The van der Waals surface area contributed by atoms with Crippen molar-refractivity contribution in [3.8, 4) is 0 Å². The molecule has 0 unspecified atom stereocenters. The highest BCUT2D eigenvalue weighted by Gasteiger charge is 2.36. The molecule has 3 amide bonds. The summed E-state index contributed by atoms with van der Waals surface area (Å²) in [4.78, 5) is 57.2. The number of nitrogens with zero attached hydrogens (tertiary/aromatic N) is 4. The zero-order chi connectivity index (χ0) is 27.1. The number of aryl methyl sites for hydroxylation is 3. The summed E-state index contributed by atoms with van der Waals surface area (Å²) in [5.41, 5.74) is 4.12. The third-order valence-corrected chi connectivity index (χ3v) is 7.22. The average Bonchev–Trinajstić information content (AvgIpc) is 3.28. The van der Waals surface area contributed by atoms with Crippen LogP contribution in [0.15, 0.2) is 64.3 Å². The second kappa shape index (κ2) is 9.79. The van der Waals surface area contributed by atoms with Crippen LogP contribution in [0.3, 0.4) is 0 Å². The maximum Gasteiger partial charge on any atom is 0.294 e. The van der Waals surface area contributed by atoms with E-state index in [9.17, 15) is 19.2 Å². The van der Waals surface area contributed by atoms with Gasteiger partial charge in [-0.1, -0.05) is 24.3 Å². The Morgan fingerprint density at radius 1 is 0.974 bits per heavy atom. The summed E-state index contributed by atoms with van der Waals surface area (Å²) >= 11 is 0.784. The monoisotopic (exact) mass is 527 g/mol. The third-order valence-electron chi connectivity index (χ3n) is 6.31. The molecule has 10 heteroatoms. The van der Waals surface area contributed by atoms with E-state index in [2.05, 4.69) is 10.3 Å². The first-order chi connectivity index (χ1) is 18.1. The molecular formula is C28H25N5O4S. The number of hydrogen-bond donors (Lipinski definition) is 1. The van der Waals surface area contributed by atoms with Gasteiger partial charge in [0.15, 0.2) is 0 Å². The number of hydrogen-bond acceptors (Lipinski definition) is 6. The van der Waals surface area contributed by atoms with Crippen LogP contribution in [0.5, 0.6) is 0 Å². The quantitative estimate of drug-likeness (QED) is 0.385. The van der Waals surface area contributed by atoms with Crippen LogP contribution in [-0.2, 0) is 9.59 Å². The molecule has 3 heterocycles. The number of aromatic nitrogens is 3. The molecular weight excluding hydrogens is 502 g/mol. The van der Waals surface area contributed by atoms with Crippen LogP contribution in [0.25, 0.3) is 17.0 Å². The van der Waals surface area contributed by atoms with Crippen LogP contribution in [0, 0.1) is 27.7 Å². The van der Waals surface area contributed by atoms with Gasteiger partial charge in [0.2, 0.25) is 5.91 Å². The molecule has 2 aromatic heterocycles. The molecule has 0 radical (unpaired) electrons. The molecule has 1 aliphatic rings. The predicted octanol–water partition coefficient (Wildman–Crippen LogP) is 4.42. The molecule has 2 aromatic carbocycles. The molecule has 0 spiro atoms. The Morgan fingerprint density at radius 2 is 1.74 bits per heavy atom. The van der Waals surface area contributed by atoms with Crippen molar-refractivity contribution in [3.63, 3.8) is 0 Å². The number of rotatable bonds is 5. The van der Waals surface area contributed by atoms with E-state index < -0.39 is 17.1 Å². The van der Waals surface area contributed by atoms with Gasteiger partial charge in [-0.2, -0.15) is 4.68 Å². The Bertz CT molecular complexity index is 1730. The smallest absolute Gasteiger partial charge is 0.294 e. The topological polar surface area (TPSA) is 106 Å². The van der Waals surface area contributed by atoms with Crippen LogP contribution in [0.2, 0.25) is 0 Å². The van der Waals surface area contributed by atoms with E-state index in [1.165, 1.54) is 4.68 Å². The molecule has 5 rings (SSSR count). The number of fused-ring (bicyclic) bond motifs is 1. The fourth-order valence-electron chi connectivity index (χ4n) is 4.55. The van der Waals surface area contributed by atoms with Crippen LogP contribution in [-0.4, -0.2) is 42.8 Å². The van der Waals surface area contributed by atoms with Crippen molar-refractivity contribution in [1.82, 2.24) is 19.2 Å². The second-order valence-corrected chi connectivity index (χ2v) is 10.1. The van der Waals surface area contributed by atoms with Crippen molar-refractivity contribution in [3.05, 3.63) is 98.2 Å². The van der Waals surface area contributed by atoms with Gasteiger partial charge in [0.1, 0.15) is 12.4 Å². The van der Waals surface area contributed by atoms with Gasteiger partial charge < -0.3 is 5.32 Å². The first-order valence-electron chi connectivity index (χ1n) is 11.9. The first kappa shape index (κ1) is 25.2. The standard InChI is InChI=1S/C28H25N5O4S/c1-16-8-7-9-21(12-16)30-25(34)15-31-27(36)24(38-28(31)37)14-20-13-17(2)32(18(20)3)33-19(4)29-23-11-6-5-10-22(23)26(33)35/h5-14H,15H2,1-4H3,(H,30,34). The van der Waals surface area contributed by atoms with Crippen LogP contribution >= 0.6 is 11.8 Å². The van der Waals surface area contributed by atoms with Crippen molar-refractivity contribution in [2.75, 3.05) is 11.9 Å². The summed E-state index contributed by atoms with van der Waals surface area (Å²) in [6.45, 7) is 6.97. The lowest BCUT2D eigenvalue weighted by molar-refractivity contribution is -0.127. The van der Waals surface area contributed by atoms with Crippen LogP contribution < -0.4 is 10.9 Å². The molecule has 1 fully saturated rings. The zero-order valence-electron chi connectivity index (χ0n) is 21.3. The lowest BCUT2D eigenvalue weighted by Gasteiger charge is -2.16. The minimum absolute atomic E-state index is 0.207. The molecule has 1 saturated heterocycles. The molecule has 9 nitrogen and oxygen atoms in total. The second-order valence-electron chi connectivity index (χ2n) is 9.12. The molecule has 0 aliphatic carbocycles. The van der Waals surface area contributed by atoms with Crippen molar-refractivity contribution < 1.29 is 14.4 Å². The fourth-order valence-corrected chi connectivity index (χ4v) is 5.38. The highest BCUT2D eigenvalue weighted by atomic mass is 32.2. The van der Waals surface area contributed by atoms with Gasteiger partial charge in [-0.3, -0.25) is 28.8 Å². The number of benzene rings is 2. The van der Waals surface area contributed by atoms with Gasteiger partial charge in [0.25, 0.3) is 16.7 Å². The average molecular weight is 528 g/mol. The lowest BCUT2D eigenvalue weighted by Crippen LogP contribution is -2.36. The van der Waals surface area contributed by atoms with Gasteiger partial charge in [0, 0.05) is 17.1 Å². The van der Waals surface area contributed by atoms with E-state index in [-0.39, 0.29) is 17.0 Å². The van der Waals surface area contributed by atoms with E-state index in [0.29, 0.717) is 33.7 Å². The number of thioether (sulfide) groups is 1. The Labute approximate surface area is 222 Å². The summed E-state index contributed by atoms with van der Waals surface area (Å²) in [6, 6.07) is 16.3. The largest absolute Gasteiger partial charge is 0.325 e. The van der Waals surface area contributed by atoms with Gasteiger partial charge in [0.05, 0.1) is 15.8 Å². The first-order valence-corrected chi connectivity index (χ1v) is 12.8. The SMILES string of the molecule is Cc1cccc(NC(=O)CN2C(=O)SC(=Cc3cc(C)n(-n4c(C)nc5ccccc5c4=O)c3C)C2=O)c1. The highest BCUT2D eigenvalue weighted by molar-refractivity contribution is 8.18. The number of anilines is 1. The van der Waals surface area contributed by atoms with E-state index in [0.717, 1.165) is 27.9 Å². The van der Waals surface area contributed by atoms with E-state index in [1.807, 2.05) is 45.0 Å². The van der Waals surface area contributed by atoms with Crippen molar-refractivity contribution in [2.24, 2.45) is 0 Å². The number of carbonyl (C=O) groups is 3. The Kier molecular flexibility index (Phi) is 6.50. The number of carbonyl (C=O) groups excluding carboxylic acids is 3. The summed E-state index contributed by atoms with van der Waals surface area (Å²) in [6.07, 6.45) is 1.62. The molecule has 4 aromatic rings. The van der Waals surface area contributed by atoms with Crippen LogP contribution in [0.1, 0.15) is 28.3 Å². The lowest BCUT2D eigenvalue weighted by atomic mass is 10.2. The van der Waals surface area contributed by atoms with E-state index in [1.54, 1.807) is 48.0 Å². The number of nitrogens with one attached hydrogen (secondary N) is 1. The van der Waals surface area contributed by atoms with E-state index >= 15 is 0 Å². The molecule has 192 valence electrons. The number of amides is 3. The normalized spacial score (nSPS) is 14.6. The predicted molar refractivity (Wildman–Crippen MR) is 148 cm³/mol. The summed E-state index contributed by atoms with van der Waals surface area (Å²) in [5.74, 6) is -0.483. The van der Waals surface area contributed by atoms with E-state index in [4.69, 9.17) is 0 Å². The molecule has 1 aliphatic heterocycles. The summed E-state index contributed by atoms with van der Waals surface area (Å²) in [7, 11) is 0. The maximum absolute atomic E-state index is 13.3. The van der Waals surface area contributed by atoms with Crippen molar-refractivity contribution in [1.29, 1.82) is 0 Å². The van der Waals surface area contributed by atoms with Crippen molar-refractivity contribution in [2.45, 2.75) is 27.7 Å². The molecule has 0 saturated carbocycles. The summed E-state index contributed by atoms with van der Waals surface area (Å²) < 4.78 is 3.26. The van der Waals surface area contributed by atoms with Gasteiger partial charge in [-0.05, 0) is 87.0 Å². The minimum atomic E-state index is -0.537. The molecule has 38 heavy (non-hydrogen) atoms. The van der Waals surface area contributed by atoms with Gasteiger partial charge in [-0.25, -0.2) is 4.98 Å². The molecule has 0 atom stereocenters. The van der Waals surface area contributed by atoms with Gasteiger partial charge >= 0.3 is 0 Å². The van der Waals surface area contributed by atoms with Crippen molar-refractivity contribution >= 4 is 51.5 Å². The van der Waals surface area contributed by atoms with Crippen LogP contribution in [0.4, 0.5) is 10.5 Å². The zero-order valence-corrected chi connectivity index (χ0v) is 22.1. The number of para-hydroxylation sites is 1. The summed E-state index contributed by atoms with van der Waals surface area (Å²) in [5, 5.41) is 2.70. The highest BCUT2D eigenvalue weighted by Crippen LogP contribution is 2.33. The molecule has 0 bridgehead atoms.